The number of amides is 1. The van der Waals surface area contributed by atoms with Gasteiger partial charge in [-0.05, 0) is 12.8 Å². The number of rotatable bonds is 5. The van der Waals surface area contributed by atoms with E-state index in [1.54, 1.807) is 11.4 Å². The number of hydrogen-bond donors (Lipinski definition) is 2. The molecular formula is C19H23F2N5O4S. The highest BCUT2D eigenvalue weighted by atomic mass is 32.1. The van der Waals surface area contributed by atoms with Crippen LogP contribution in [-0.2, 0) is 11.3 Å². The summed E-state index contributed by atoms with van der Waals surface area (Å²) >= 11 is 1.24. The fourth-order valence-electron chi connectivity index (χ4n) is 3.80. The van der Waals surface area contributed by atoms with Gasteiger partial charge in [0.25, 0.3) is 0 Å². The number of ether oxygens (including phenoxy) is 1. The first-order valence-corrected chi connectivity index (χ1v) is 10.9. The highest BCUT2D eigenvalue weighted by molar-refractivity contribution is 7.13. The molecule has 12 heteroatoms. The first-order valence-electron chi connectivity index (χ1n) is 10.0. The quantitative estimate of drug-likeness (QED) is 0.708. The van der Waals surface area contributed by atoms with E-state index in [-0.39, 0.29) is 43.9 Å². The lowest BCUT2D eigenvalue weighted by Crippen LogP contribution is -2.44. The summed E-state index contributed by atoms with van der Waals surface area (Å²) in [5.41, 5.74) is 0.464. The molecule has 0 atom stereocenters. The molecule has 31 heavy (non-hydrogen) atoms. The second-order valence-electron chi connectivity index (χ2n) is 7.55. The minimum absolute atomic E-state index is 0.0530. The lowest BCUT2D eigenvalue weighted by molar-refractivity contribution is -0.0379. The van der Waals surface area contributed by atoms with Crippen molar-refractivity contribution in [2.45, 2.75) is 44.3 Å². The van der Waals surface area contributed by atoms with Crippen molar-refractivity contribution in [3.8, 4) is 10.8 Å². The van der Waals surface area contributed by atoms with Crippen LogP contribution in [0.25, 0.3) is 10.8 Å². The summed E-state index contributed by atoms with van der Waals surface area (Å²) in [7, 11) is 0. The highest BCUT2D eigenvalue weighted by Crippen LogP contribution is 2.37. The van der Waals surface area contributed by atoms with Crippen LogP contribution in [0.15, 0.2) is 11.4 Å². The van der Waals surface area contributed by atoms with Crippen molar-refractivity contribution in [3.63, 3.8) is 0 Å². The Labute approximate surface area is 181 Å². The maximum atomic E-state index is 13.6. The van der Waals surface area contributed by atoms with E-state index >= 15 is 0 Å². The Hall–Kier alpha value is -2.44. The summed E-state index contributed by atoms with van der Waals surface area (Å²) in [6, 6.07) is 0.984. The number of hydrogen-bond acceptors (Lipinski definition) is 8. The Kier molecular flexibility index (Phi) is 6.30. The molecule has 2 fully saturated rings. The molecule has 4 rings (SSSR count). The SMILES string of the molecule is O=C(O)N(c1cc(N2CCOCC2)nc(-c2nc(CO)cs2)n1)C1CCC(F)(F)CC1. The number of morpholine rings is 1. The molecule has 2 aliphatic rings. The Morgan fingerprint density at radius 3 is 2.58 bits per heavy atom. The van der Waals surface area contributed by atoms with Crippen LogP contribution in [0.1, 0.15) is 31.4 Å². The molecule has 3 heterocycles. The number of carboxylic acid groups (broad SMARTS) is 1. The van der Waals surface area contributed by atoms with Crippen LogP contribution in [0.2, 0.25) is 0 Å². The van der Waals surface area contributed by atoms with Crippen molar-refractivity contribution < 1.29 is 28.5 Å². The van der Waals surface area contributed by atoms with Gasteiger partial charge >= 0.3 is 6.09 Å². The molecule has 1 aliphatic carbocycles. The fourth-order valence-corrected chi connectivity index (χ4v) is 4.54. The zero-order chi connectivity index (χ0) is 22.0. The molecule has 168 valence electrons. The van der Waals surface area contributed by atoms with Crippen molar-refractivity contribution in [3.05, 3.63) is 17.1 Å². The molecule has 0 spiro atoms. The number of thiazole rings is 1. The van der Waals surface area contributed by atoms with Crippen LogP contribution in [0.3, 0.4) is 0 Å². The van der Waals surface area contributed by atoms with Gasteiger partial charge in [-0.3, -0.25) is 4.90 Å². The molecule has 0 aromatic carbocycles. The number of nitrogens with zero attached hydrogens (tertiary/aromatic N) is 5. The maximum absolute atomic E-state index is 13.6. The first kappa shape index (κ1) is 21.8. The molecule has 1 amide bonds. The van der Waals surface area contributed by atoms with Crippen LogP contribution in [0, 0.1) is 0 Å². The Morgan fingerprint density at radius 1 is 1.26 bits per heavy atom. The predicted molar refractivity (Wildman–Crippen MR) is 110 cm³/mol. The summed E-state index contributed by atoms with van der Waals surface area (Å²) in [6.07, 6.45) is -1.86. The average molecular weight is 455 g/mol. The molecule has 0 radical (unpaired) electrons. The van der Waals surface area contributed by atoms with E-state index in [1.807, 2.05) is 4.90 Å². The minimum Gasteiger partial charge on any atom is -0.465 e. The summed E-state index contributed by atoms with van der Waals surface area (Å²) in [5.74, 6) is -1.87. The number of aliphatic hydroxyl groups is 1. The predicted octanol–water partition coefficient (Wildman–Crippen LogP) is 2.99. The second kappa shape index (κ2) is 8.97. The molecule has 1 saturated carbocycles. The van der Waals surface area contributed by atoms with E-state index in [4.69, 9.17) is 4.74 Å². The lowest BCUT2D eigenvalue weighted by Gasteiger charge is -2.35. The molecular weight excluding hydrogens is 432 g/mol. The molecule has 2 aromatic rings. The van der Waals surface area contributed by atoms with Crippen molar-refractivity contribution >= 4 is 29.1 Å². The summed E-state index contributed by atoms with van der Waals surface area (Å²) < 4.78 is 32.7. The number of carbonyl (C=O) groups is 1. The van der Waals surface area contributed by atoms with Crippen molar-refractivity contribution in [1.29, 1.82) is 0 Å². The zero-order valence-electron chi connectivity index (χ0n) is 16.7. The zero-order valence-corrected chi connectivity index (χ0v) is 17.5. The van der Waals surface area contributed by atoms with Gasteiger partial charge in [-0.1, -0.05) is 0 Å². The summed E-state index contributed by atoms with van der Waals surface area (Å²) in [6.45, 7) is 1.96. The van der Waals surface area contributed by atoms with Crippen molar-refractivity contribution in [2.24, 2.45) is 0 Å². The van der Waals surface area contributed by atoms with Crippen molar-refractivity contribution in [2.75, 3.05) is 36.1 Å². The Balaban J connectivity index is 1.73. The van der Waals surface area contributed by atoms with E-state index in [9.17, 15) is 23.8 Å². The number of aromatic nitrogens is 3. The molecule has 9 nitrogen and oxygen atoms in total. The molecule has 0 bridgehead atoms. The fraction of sp³-hybridized carbons (Fsp3) is 0.579. The van der Waals surface area contributed by atoms with Crippen LogP contribution in [0.5, 0.6) is 0 Å². The van der Waals surface area contributed by atoms with Crippen LogP contribution in [-0.4, -0.2) is 69.5 Å². The van der Waals surface area contributed by atoms with Crippen LogP contribution >= 0.6 is 11.3 Å². The van der Waals surface area contributed by atoms with Gasteiger partial charge in [-0.2, -0.15) is 0 Å². The topological polar surface area (TPSA) is 112 Å². The van der Waals surface area contributed by atoms with E-state index in [2.05, 4.69) is 15.0 Å². The lowest BCUT2D eigenvalue weighted by atomic mass is 9.91. The van der Waals surface area contributed by atoms with Crippen LogP contribution < -0.4 is 9.80 Å². The van der Waals surface area contributed by atoms with E-state index in [1.165, 1.54) is 11.3 Å². The summed E-state index contributed by atoms with van der Waals surface area (Å²) in [4.78, 5) is 28.5. The van der Waals surface area contributed by atoms with E-state index < -0.39 is 18.1 Å². The Bertz CT molecular complexity index is 928. The molecule has 2 N–H and O–H groups in total. The number of anilines is 2. The standard InChI is InChI=1S/C19H23F2N5O4S/c20-19(21)3-1-13(2-4-19)26(18(28)29)15-9-14(25-5-7-30-8-6-25)23-16(24-15)17-22-12(10-27)11-31-17/h9,11,13,27H,1-8,10H2,(H,28,29). The van der Waals surface area contributed by atoms with Gasteiger partial charge in [0.05, 0.1) is 25.5 Å². The second-order valence-corrected chi connectivity index (χ2v) is 8.41. The number of halogens is 2. The summed E-state index contributed by atoms with van der Waals surface area (Å²) in [5, 5.41) is 21.4. The first-order chi connectivity index (χ1) is 14.9. The number of aliphatic hydroxyl groups excluding tert-OH is 1. The smallest absolute Gasteiger partial charge is 0.413 e. The van der Waals surface area contributed by atoms with Gasteiger partial charge in [0, 0.05) is 43.4 Å². The average Bonchev–Trinajstić information content (AvgIpc) is 3.25. The molecule has 1 saturated heterocycles. The third-order valence-electron chi connectivity index (χ3n) is 5.44. The van der Waals surface area contributed by atoms with Gasteiger partial charge < -0.3 is 19.8 Å². The third kappa shape index (κ3) is 4.91. The van der Waals surface area contributed by atoms with Gasteiger partial charge in [0.1, 0.15) is 11.6 Å². The molecule has 1 aliphatic heterocycles. The van der Waals surface area contributed by atoms with E-state index in [0.29, 0.717) is 42.8 Å². The third-order valence-corrected chi connectivity index (χ3v) is 6.33. The monoisotopic (exact) mass is 455 g/mol. The van der Waals surface area contributed by atoms with Gasteiger partial charge in [0.2, 0.25) is 5.92 Å². The minimum atomic E-state index is -2.77. The van der Waals surface area contributed by atoms with Gasteiger partial charge in [-0.25, -0.2) is 28.5 Å². The van der Waals surface area contributed by atoms with Crippen molar-refractivity contribution in [1.82, 2.24) is 15.0 Å². The molecule has 2 aromatic heterocycles. The van der Waals surface area contributed by atoms with Gasteiger partial charge in [0.15, 0.2) is 10.8 Å². The largest absolute Gasteiger partial charge is 0.465 e. The van der Waals surface area contributed by atoms with E-state index in [0.717, 1.165) is 4.90 Å². The van der Waals surface area contributed by atoms with Crippen LogP contribution in [0.4, 0.5) is 25.2 Å². The normalized spacial score (nSPS) is 19.4. The Morgan fingerprint density at radius 2 is 1.97 bits per heavy atom. The highest BCUT2D eigenvalue weighted by Gasteiger charge is 2.39. The molecule has 0 unspecified atom stereocenters. The number of alkyl halides is 2. The maximum Gasteiger partial charge on any atom is 0.413 e. The van der Waals surface area contributed by atoms with Gasteiger partial charge in [-0.15, -0.1) is 11.3 Å².